The van der Waals surface area contributed by atoms with Crippen molar-refractivity contribution in [2.45, 2.75) is 32.2 Å². The van der Waals surface area contributed by atoms with E-state index in [9.17, 15) is 9.18 Å². The summed E-state index contributed by atoms with van der Waals surface area (Å²) in [6.45, 7) is 1.57. The third-order valence-corrected chi connectivity index (χ3v) is 7.12. The second kappa shape index (κ2) is 7.83. The lowest BCUT2D eigenvalue weighted by molar-refractivity contribution is 0.0735. The predicted molar refractivity (Wildman–Crippen MR) is 127 cm³/mol. The van der Waals surface area contributed by atoms with E-state index in [4.69, 9.17) is 16.6 Å². The van der Waals surface area contributed by atoms with E-state index in [0.29, 0.717) is 36.1 Å². The number of halogens is 2. The highest BCUT2D eigenvalue weighted by Crippen LogP contribution is 2.36. The van der Waals surface area contributed by atoms with Crippen LogP contribution in [0.1, 0.15) is 35.2 Å². The Hall–Kier alpha value is -2.93. The number of aryl methyl sites for hydroxylation is 1. The van der Waals surface area contributed by atoms with E-state index in [1.165, 1.54) is 12.8 Å². The van der Waals surface area contributed by atoms with Gasteiger partial charge in [-0.15, -0.1) is 0 Å². The molecule has 2 aliphatic rings. The van der Waals surface area contributed by atoms with E-state index in [2.05, 4.69) is 26.3 Å². The lowest BCUT2D eigenvalue weighted by Crippen LogP contribution is -2.38. The van der Waals surface area contributed by atoms with Crippen LogP contribution in [0.4, 0.5) is 4.39 Å². The molecule has 1 saturated carbocycles. The first kappa shape index (κ1) is 20.7. The minimum Gasteiger partial charge on any atom is -0.338 e. The Morgan fingerprint density at radius 1 is 1.18 bits per heavy atom. The molecule has 1 aromatic carbocycles. The van der Waals surface area contributed by atoms with Crippen molar-refractivity contribution in [3.8, 4) is 11.5 Å². The summed E-state index contributed by atoms with van der Waals surface area (Å²) in [5.74, 6) is 1.49. The molecule has 0 bridgehead atoms. The number of carbonyl (C=O) groups is 1. The molecule has 0 radical (unpaired) electrons. The number of imidazole rings is 1. The van der Waals surface area contributed by atoms with Crippen molar-refractivity contribution < 1.29 is 9.18 Å². The first-order chi connectivity index (χ1) is 16.0. The van der Waals surface area contributed by atoms with Crippen LogP contribution in [-0.2, 0) is 20.0 Å². The summed E-state index contributed by atoms with van der Waals surface area (Å²) < 4.78 is 17.0. The van der Waals surface area contributed by atoms with Crippen LogP contribution in [-0.4, -0.2) is 49.7 Å². The van der Waals surface area contributed by atoms with Crippen LogP contribution in [0.15, 0.2) is 30.3 Å². The van der Waals surface area contributed by atoms with Gasteiger partial charge in [-0.1, -0.05) is 11.6 Å². The van der Waals surface area contributed by atoms with Crippen molar-refractivity contribution in [3.63, 3.8) is 0 Å². The van der Waals surface area contributed by atoms with Crippen molar-refractivity contribution in [3.05, 3.63) is 46.6 Å². The maximum atomic E-state index is 13.0. The lowest BCUT2D eigenvalue weighted by Gasteiger charge is -2.28. The molecule has 0 atom stereocenters. The highest BCUT2D eigenvalue weighted by molar-refractivity contribution is 6.29. The molecule has 1 amide bonds. The number of rotatable bonds is 6. The molecule has 3 aromatic heterocycles. The largest absolute Gasteiger partial charge is 0.338 e. The van der Waals surface area contributed by atoms with E-state index >= 15 is 0 Å². The van der Waals surface area contributed by atoms with Gasteiger partial charge < -0.3 is 14.0 Å². The van der Waals surface area contributed by atoms with E-state index in [1.54, 1.807) is 4.90 Å². The van der Waals surface area contributed by atoms with Gasteiger partial charge in [-0.3, -0.25) is 9.18 Å². The zero-order valence-electron chi connectivity index (χ0n) is 18.5. The first-order valence-electron chi connectivity index (χ1n) is 11.5. The molecular weight excluding hydrogens is 441 g/mol. The van der Waals surface area contributed by atoms with Crippen molar-refractivity contribution >= 4 is 39.6 Å². The minimum atomic E-state index is -0.409. The average Bonchev–Trinajstić information content (AvgIpc) is 3.49. The molecule has 6 rings (SSSR count). The van der Waals surface area contributed by atoms with Gasteiger partial charge in [0.1, 0.15) is 10.8 Å². The standard InChI is InChI=1S/C25H25ClFN5O/c1-30-20-11-16-7-10-31(9-2-8-27)25(33)18(16)13-19(20)28-24(30)21-12-17-5-6-22(26)29-23(17)32(21)14-15-3-4-15/h5-6,11-13,15H,2-4,7-10,14H2,1H3. The Balaban J connectivity index is 1.47. The summed E-state index contributed by atoms with van der Waals surface area (Å²) in [6, 6.07) is 9.95. The summed E-state index contributed by atoms with van der Waals surface area (Å²) in [6.07, 6.45) is 3.61. The summed E-state index contributed by atoms with van der Waals surface area (Å²) in [5, 5.41) is 1.53. The molecule has 0 unspecified atom stereocenters. The third kappa shape index (κ3) is 3.50. The van der Waals surface area contributed by atoms with Crippen molar-refractivity contribution in [2.24, 2.45) is 13.0 Å². The molecule has 6 nitrogen and oxygen atoms in total. The predicted octanol–water partition coefficient (Wildman–Crippen LogP) is 5.01. The maximum Gasteiger partial charge on any atom is 0.254 e. The van der Waals surface area contributed by atoms with Crippen molar-refractivity contribution in [2.75, 3.05) is 19.8 Å². The fourth-order valence-electron chi connectivity index (χ4n) is 4.94. The third-order valence-electron chi connectivity index (χ3n) is 6.91. The van der Waals surface area contributed by atoms with Crippen LogP contribution in [0.3, 0.4) is 0 Å². The molecule has 8 heteroatoms. The normalized spacial score (nSPS) is 16.2. The lowest BCUT2D eigenvalue weighted by atomic mass is 9.98. The van der Waals surface area contributed by atoms with Gasteiger partial charge in [0.05, 0.1) is 23.4 Å². The molecule has 1 aliphatic heterocycles. The van der Waals surface area contributed by atoms with Crippen LogP contribution in [0.5, 0.6) is 0 Å². The maximum absolute atomic E-state index is 13.0. The summed E-state index contributed by atoms with van der Waals surface area (Å²) in [4.78, 5) is 24.3. The molecule has 0 saturated heterocycles. The number of fused-ring (bicyclic) bond motifs is 3. The molecule has 0 spiro atoms. The summed E-state index contributed by atoms with van der Waals surface area (Å²) in [7, 11) is 2.02. The molecule has 33 heavy (non-hydrogen) atoms. The average molecular weight is 466 g/mol. The smallest absolute Gasteiger partial charge is 0.254 e. The zero-order valence-corrected chi connectivity index (χ0v) is 19.3. The van der Waals surface area contributed by atoms with Crippen molar-refractivity contribution in [1.82, 2.24) is 24.0 Å². The molecule has 1 fully saturated rings. The van der Waals surface area contributed by atoms with Crippen molar-refractivity contribution in [1.29, 1.82) is 0 Å². The number of pyridine rings is 1. The van der Waals surface area contributed by atoms with Gasteiger partial charge in [0.2, 0.25) is 0 Å². The van der Waals surface area contributed by atoms with Crippen LogP contribution in [0.25, 0.3) is 33.6 Å². The first-order valence-corrected chi connectivity index (χ1v) is 11.9. The number of hydrogen-bond acceptors (Lipinski definition) is 3. The number of aromatic nitrogens is 4. The van der Waals surface area contributed by atoms with Gasteiger partial charge in [-0.2, -0.15) is 0 Å². The van der Waals surface area contributed by atoms with Crippen LogP contribution in [0.2, 0.25) is 5.15 Å². The van der Waals surface area contributed by atoms with E-state index in [0.717, 1.165) is 52.1 Å². The van der Waals surface area contributed by atoms with Gasteiger partial charge in [-0.25, -0.2) is 9.97 Å². The second-order valence-electron chi connectivity index (χ2n) is 9.21. The van der Waals surface area contributed by atoms with Crippen LogP contribution >= 0.6 is 11.6 Å². The Bertz CT molecular complexity index is 1400. The minimum absolute atomic E-state index is 0.0273. The second-order valence-corrected chi connectivity index (χ2v) is 9.59. The van der Waals surface area contributed by atoms with Gasteiger partial charge >= 0.3 is 0 Å². The zero-order chi connectivity index (χ0) is 22.7. The van der Waals surface area contributed by atoms with Gasteiger partial charge in [0, 0.05) is 37.6 Å². The van der Waals surface area contributed by atoms with Gasteiger partial charge in [-0.05, 0) is 67.5 Å². The summed E-state index contributed by atoms with van der Waals surface area (Å²) >= 11 is 6.22. The molecule has 1 aliphatic carbocycles. The van der Waals surface area contributed by atoms with Gasteiger partial charge in [0.15, 0.2) is 5.82 Å². The number of hydrogen-bond donors (Lipinski definition) is 0. The molecular formula is C25H25ClFN5O. The molecule has 4 heterocycles. The van der Waals surface area contributed by atoms with E-state index < -0.39 is 6.67 Å². The fraction of sp³-hybridized carbons (Fsp3) is 0.400. The number of nitrogens with zero attached hydrogens (tertiary/aromatic N) is 5. The topological polar surface area (TPSA) is 56.0 Å². The quantitative estimate of drug-likeness (QED) is 0.376. The SMILES string of the molecule is Cn1c(-c2cc3ccc(Cl)nc3n2CC2CC2)nc2cc3c(cc21)CCN(CCCF)C3=O. The Labute approximate surface area is 196 Å². The Morgan fingerprint density at radius 3 is 2.82 bits per heavy atom. The van der Waals surface area contributed by atoms with Gasteiger partial charge in [0.25, 0.3) is 5.91 Å². The number of alkyl halides is 1. The monoisotopic (exact) mass is 465 g/mol. The van der Waals surface area contributed by atoms with E-state index in [1.807, 2.05) is 25.2 Å². The molecule has 4 aromatic rings. The highest BCUT2D eigenvalue weighted by Gasteiger charge is 2.28. The summed E-state index contributed by atoms with van der Waals surface area (Å²) in [5.41, 5.74) is 5.41. The van der Waals surface area contributed by atoms with Crippen LogP contribution < -0.4 is 0 Å². The Kier molecular flexibility index (Phi) is 4.91. The number of carbonyl (C=O) groups excluding carboxylic acids is 1. The molecule has 170 valence electrons. The number of amides is 1. The fourth-order valence-corrected chi connectivity index (χ4v) is 5.08. The Morgan fingerprint density at radius 2 is 2.03 bits per heavy atom. The highest BCUT2D eigenvalue weighted by atomic mass is 35.5. The van der Waals surface area contributed by atoms with E-state index in [-0.39, 0.29) is 5.91 Å². The molecule has 0 N–H and O–H groups in total. The van der Waals surface area contributed by atoms with Crippen LogP contribution in [0, 0.1) is 5.92 Å². The number of benzene rings is 1.